The molecule has 198 valence electrons. The second-order valence-electron chi connectivity index (χ2n) is 10.4. The first-order valence-corrected chi connectivity index (χ1v) is 11.9. The smallest absolute Gasteiger partial charge is 0.252 e. The van der Waals surface area contributed by atoms with Crippen LogP contribution in [0.3, 0.4) is 0 Å². The van der Waals surface area contributed by atoms with Crippen molar-refractivity contribution in [2.75, 3.05) is 33.1 Å². The van der Waals surface area contributed by atoms with Crippen LogP contribution in [0.4, 0.5) is 5.69 Å². The summed E-state index contributed by atoms with van der Waals surface area (Å²) in [4.78, 5) is 54.2. The van der Waals surface area contributed by atoms with Crippen LogP contribution in [0, 0.1) is 11.8 Å². The van der Waals surface area contributed by atoms with Crippen LogP contribution in [-0.2, 0) is 32.1 Å². The van der Waals surface area contributed by atoms with Crippen molar-refractivity contribution >= 4 is 34.8 Å². The molecule has 3 aliphatic rings. The lowest BCUT2D eigenvalue weighted by Crippen LogP contribution is -2.65. The first-order chi connectivity index (χ1) is 17.2. The van der Waals surface area contributed by atoms with Gasteiger partial charge in [0.2, 0.25) is 17.5 Å². The number of fused-ring (bicyclic) bond motifs is 3. The van der Waals surface area contributed by atoms with Crippen LogP contribution in [0.2, 0.25) is 0 Å². The fourth-order valence-corrected chi connectivity index (χ4v) is 5.92. The Labute approximate surface area is 214 Å². The molecule has 11 heteroatoms. The number of primary amides is 1. The van der Waals surface area contributed by atoms with Crippen molar-refractivity contribution in [3.05, 3.63) is 40.0 Å². The van der Waals surface area contributed by atoms with E-state index in [4.69, 9.17) is 5.73 Å². The highest BCUT2D eigenvalue weighted by Gasteiger charge is 2.63. The van der Waals surface area contributed by atoms with E-state index in [2.05, 4.69) is 5.32 Å². The van der Waals surface area contributed by atoms with Gasteiger partial charge in [-0.25, -0.2) is 0 Å². The maximum Gasteiger partial charge on any atom is 0.252 e. The van der Waals surface area contributed by atoms with Gasteiger partial charge in [0.1, 0.15) is 11.5 Å². The largest absolute Gasteiger partial charge is 0.507 e. The van der Waals surface area contributed by atoms with E-state index in [1.54, 1.807) is 39.2 Å². The summed E-state index contributed by atoms with van der Waals surface area (Å²) >= 11 is 0. The molecule has 1 saturated carbocycles. The molecular weight excluding hydrogens is 480 g/mol. The van der Waals surface area contributed by atoms with Crippen molar-refractivity contribution in [2.45, 2.75) is 38.0 Å². The molecule has 2 amide bonds. The lowest BCUT2D eigenvalue weighted by Gasteiger charge is -2.49. The van der Waals surface area contributed by atoms with Gasteiger partial charge in [-0.3, -0.25) is 19.2 Å². The molecule has 0 bridgehead atoms. The first-order valence-electron chi connectivity index (χ1n) is 11.9. The molecule has 0 spiro atoms. The van der Waals surface area contributed by atoms with Crippen LogP contribution in [-0.4, -0.2) is 83.4 Å². The summed E-state index contributed by atoms with van der Waals surface area (Å²) in [7, 11) is 7.01. The van der Waals surface area contributed by atoms with Gasteiger partial charge in [-0.15, -0.1) is 0 Å². The van der Waals surface area contributed by atoms with Crippen LogP contribution in [0.5, 0.6) is 5.75 Å². The average molecular weight is 513 g/mol. The predicted molar refractivity (Wildman–Crippen MR) is 135 cm³/mol. The average Bonchev–Trinajstić information content (AvgIpc) is 2.79. The van der Waals surface area contributed by atoms with Crippen molar-refractivity contribution in [3.63, 3.8) is 0 Å². The molecule has 1 aromatic carbocycles. The van der Waals surface area contributed by atoms with Crippen LogP contribution < -0.4 is 16.0 Å². The number of phenols is 1. The van der Waals surface area contributed by atoms with Crippen molar-refractivity contribution in [2.24, 2.45) is 17.6 Å². The quantitative estimate of drug-likeness (QED) is 0.264. The minimum atomic E-state index is -2.60. The molecule has 0 heterocycles. The number of nitrogens with two attached hydrogens (primary N) is 1. The number of aliphatic hydroxyl groups is 2. The molecule has 0 aromatic heterocycles. The molecule has 0 aliphatic heterocycles. The van der Waals surface area contributed by atoms with Gasteiger partial charge in [0.15, 0.2) is 5.60 Å². The molecule has 11 nitrogen and oxygen atoms in total. The number of nitrogens with zero attached hydrogens (tertiary/aromatic N) is 2. The number of carbonyl (C=O) groups excluding carboxylic acids is 4. The van der Waals surface area contributed by atoms with Crippen LogP contribution in [0.15, 0.2) is 23.3 Å². The van der Waals surface area contributed by atoms with E-state index in [0.29, 0.717) is 16.8 Å². The monoisotopic (exact) mass is 512 g/mol. The number of aromatic hydroxyl groups is 1. The molecule has 3 aliphatic carbocycles. The Morgan fingerprint density at radius 2 is 1.81 bits per heavy atom. The molecule has 0 saturated heterocycles. The number of hydrogen-bond donors (Lipinski definition) is 5. The Hall–Kier alpha value is -3.70. The number of amides is 2. The Balaban J connectivity index is 1.93. The zero-order valence-corrected chi connectivity index (χ0v) is 21.5. The summed E-state index contributed by atoms with van der Waals surface area (Å²) < 4.78 is 0. The second-order valence-corrected chi connectivity index (χ2v) is 10.4. The van der Waals surface area contributed by atoms with E-state index < -0.39 is 52.3 Å². The van der Waals surface area contributed by atoms with Crippen molar-refractivity contribution in [1.82, 2.24) is 10.2 Å². The van der Waals surface area contributed by atoms with Gasteiger partial charge in [-0.05, 0) is 44.5 Å². The lowest BCUT2D eigenvalue weighted by atomic mass is 9.57. The third kappa shape index (κ3) is 3.89. The number of phenolic OH excluding ortho intramolecular Hbond substituents is 1. The van der Waals surface area contributed by atoms with Gasteiger partial charge in [0.05, 0.1) is 11.1 Å². The van der Waals surface area contributed by atoms with Crippen LogP contribution >= 0.6 is 0 Å². The van der Waals surface area contributed by atoms with Gasteiger partial charge >= 0.3 is 0 Å². The lowest BCUT2D eigenvalue weighted by molar-refractivity contribution is -0.160. The molecular formula is C26H32N4O7. The van der Waals surface area contributed by atoms with E-state index in [9.17, 15) is 34.5 Å². The van der Waals surface area contributed by atoms with Crippen molar-refractivity contribution < 1.29 is 34.5 Å². The number of nitrogens with one attached hydrogen (secondary N) is 1. The number of rotatable bonds is 5. The van der Waals surface area contributed by atoms with Gasteiger partial charge < -0.3 is 36.2 Å². The van der Waals surface area contributed by atoms with Gasteiger partial charge in [-0.2, -0.15) is 0 Å². The number of aliphatic hydroxyl groups excluding tert-OH is 1. The first kappa shape index (κ1) is 26.4. The third-order valence-electron chi connectivity index (χ3n) is 7.69. The Bertz CT molecular complexity index is 1300. The molecule has 0 unspecified atom stereocenters. The van der Waals surface area contributed by atoms with E-state index in [-0.39, 0.29) is 42.2 Å². The number of benzene rings is 1. The van der Waals surface area contributed by atoms with Gasteiger partial charge in [0, 0.05) is 56.3 Å². The molecule has 4 atom stereocenters. The normalized spacial score (nSPS) is 26.8. The topological polar surface area (TPSA) is 174 Å². The standard InChI is InChI=1S/C26H32N4O7/c1-11(31)28-10-13-8-17(29(2)3)14-6-12-7-16-18(30(4)5)9-15(25(27)36)23(34)26(16,37)24(35)19(12)22(33)20(14)21(13)32/h8-9,12,16,18,32-33,37H,6-7,10H2,1-5H3,(H2,27,36)(H,28,31)/t12-,16-,18+,26+/m0/s1. The molecule has 6 N–H and O–H groups in total. The third-order valence-corrected chi connectivity index (χ3v) is 7.69. The number of anilines is 1. The van der Waals surface area contributed by atoms with Crippen molar-refractivity contribution in [3.8, 4) is 5.75 Å². The van der Waals surface area contributed by atoms with Crippen LogP contribution in [0.25, 0.3) is 5.76 Å². The van der Waals surface area contributed by atoms with Gasteiger partial charge in [0.25, 0.3) is 5.91 Å². The summed E-state index contributed by atoms with van der Waals surface area (Å²) in [6.07, 6.45) is 1.82. The number of hydrogen-bond acceptors (Lipinski definition) is 9. The summed E-state index contributed by atoms with van der Waals surface area (Å²) in [5, 5.41) is 36.8. The summed E-state index contributed by atoms with van der Waals surface area (Å²) in [6.45, 7) is 1.32. The highest BCUT2D eigenvalue weighted by Crippen LogP contribution is 2.52. The van der Waals surface area contributed by atoms with E-state index in [1.165, 1.54) is 13.0 Å². The molecule has 1 aromatic rings. The Morgan fingerprint density at radius 1 is 1.16 bits per heavy atom. The van der Waals surface area contributed by atoms with Crippen molar-refractivity contribution in [1.29, 1.82) is 0 Å². The Kier molecular flexibility index (Phi) is 6.41. The van der Waals surface area contributed by atoms with Gasteiger partial charge in [-0.1, -0.05) is 6.08 Å². The highest BCUT2D eigenvalue weighted by atomic mass is 16.3. The zero-order chi connectivity index (χ0) is 27.6. The minimum absolute atomic E-state index is 0.0168. The molecule has 37 heavy (non-hydrogen) atoms. The minimum Gasteiger partial charge on any atom is -0.507 e. The molecule has 4 rings (SSSR count). The highest BCUT2D eigenvalue weighted by molar-refractivity contribution is 6.32. The fourth-order valence-electron chi connectivity index (χ4n) is 5.92. The van der Waals surface area contributed by atoms with E-state index in [0.717, 1.165) is 0 Å². The SMILES string of the molecule is CC(=O)NCc1cc(N(C)C)c2c(c1O)C(O)=C1C(=O)[C@]3(O)C(=O)C(C(N)=O)=C[C@@H](N(C)C)[C@@H]3C[C@@H]1C2. The molecule has 0 radical (unpaired) electrons. The fraction of sp³-hybridized carbons (Fsp3) is 0.462. The maximum atomic E-state index is 13.9. The summed E-state index contributed by atoms with van der Waals surface area (Å²) in [6, 6.07) is 1.08. The number of Topliss-reactive ketones (excluding diaryl/α,β-unsaturated/α-hetero) is 2. The number of likely N-dealkylation sites (N-methyl/N-ethyl adjacent to an activating group) is 1. The predicted octanol–water partition coefficient (Wildman–Crippen LogP) is -0.220. The molecule has 1 fully saturated rings. The number of ketones is 2. The summed E-state index contributed by atoms with van der Waals surface area (Å²) in [5.41, 5.74) is 3.81. The zero-order valence-electron chi connectivity index (χ0n) is 21.5. The van der Waals surface area contributed by atoms with Crippen LogP contribution in [0.1, 0.15) is 30.0 Å². The summed E-state index contributed by atoms with van der Waals surface area (Å²) in [5.74, 6) is -5.73. The van der Waals surface area contributed by atoms with E-state index >= 15 is 0 Å². The Morgan fingerprint density at radius 3 is 2.35 bits per heavy atom. The maximum absolute atomic E-state index is 13.9. The number of carbonyl (C=O) groups is 4. The van der Waals surface area contributed by atoms with E-state index in [1.807, 2.05) is 4.90 Å². The second kappa shape index (κ2) is 9.00.